The summed E-state index contributed by atoms with van der Waals surface area (Å²) < 4.78 is 33.6. The molecule has 0 aromatic rings. The van der Waals surface area contributed by atoms with Gasteiger partial charge in [-0.3, -0.25) is 19.2 Å². The number of amides is 2. The molecule has 5 rings (SSSR count). The number of carbonyl (C=O) groups is 5. The molecule has 0 spiro atoms. The first-order valence-corrected chi connectivity index (χ1v) is 16.2. The van der Waals surface area contributed by atoms with Crippen LogP contribution >= 0.6 is 11.8 Å². The molecule has 0 bridgehead atoms. The first-order valence-electron chi connectivity index (χ1n) is 13.8. The van der Waals surface area contributed by atoms with Gasteiger partial charge in [-0.05, 0) is 46.5 Å². The van der Waals surface area contributed by atoms with Crippen LogP contribution in [0.4, 0.5) is 0 Å². The molecule has 7 atom stereocenters. The Kier molecular flexibility index (Phi) is 7.30. The van der Waals surface area contributed by atoms with E-state index in [0.717, 1.165) is 37.0 Å². The van der Waals surface area contributed by atoms with E-state index in [1.54, 1.807) is 0 Å². The number of nitrogens with one attached hydrogen (secondary N) is 1. The molecular weight excluding hydrogens is 562 g/mol. The molecule has 3 N–H and O–H groups in total. The predicted molar refractivity (Wildman–Crippen MR) is 143 cm³/mol. The summed E-state index contributed by atoms with van der Waals surface area (Å²) in [6.45, 7) is 5.58. The summed E-state index contributed by atoms with van der Waals surface area (Å²) in [6, 6.07) is -2.76. The normalized spacial score (nSPS) is 36.0. The minimum absolute atomic E-state index is 0.0952. The zero-order chi connectivity index (χ0) is 29.4. The molecule has 222 valence electrons. The van der Waals surface area contributed by atoms with Crippen molar-refractivity contribution in [3.63, 3.8) is 0 Å². The Morgan fingerprint density at radius 1 is 1.07 bits per heavy atom. The molecule has 3 heterocycles. The second kappa shape index (κ2) is 9.97. The zero-order valence-corrected chi connectivity index (χ0v) is 24.7. The Morgan fingerprint density at radius 2 is 1.70 bits per heavy atom. The number of hydrogen-bond acceptors (Lipinski definition) is 11. The van der Waals surface area contributed by atoms with E-state index in [1.807, 2.05) is 13.8 Å². The van der Waals surface area contributed by atoms with Gasteiger partial charge < -0.3 is 25.4 Å². The Balaban J connectivity index is 1.17. The van der Waals surface area contributed by atoms with Crippen molar-refractivity contribution in [2.75, 3.05) is 6.79 Å². The number of sulfone groups is 1. The molecule has 3 aliphatic heterocycles. The number of thioether (sulfide) groups is 1. The van der Waals surface area contributed by atoms with Crippen LogP contribution in [0.3, 0.4) is 0 Å². The zero-order valence-electron chi connectivity index (χ0n) is 23.1. The van der Waals surface area contributed by atoms with Crippen molar-refractivity contribution in [1.29, 1.82) is 0 Å². The number of fused-ring (bicyclic) bond motifs is 2. The lowest BCUT2D eigenvalue weighted by Gasteiger charge is -2.40. The van der Waals surface area contributed by atoms with E-state index in [2.05, 4.69) is 5.32 Å². The number of hydrogen-bond donors (Lipinski definition) is 2. The number of β-lactam (4-membered cyclic amide) rings is 1. The molecule has 5 fully saturated rings. The minimum atomic E-state index is -3.78. The van der Waals surface area contributed by atoms with Crippen LogP contribution in [0.15, 0.2) is 0 Å². The standard InChI is InChI=1S/C26H37N3O9S2/c1-25(2)16(15-19(31)18(20(15)39-25)28-22(32)17(27)12-8-6-5-7-9-12)23(33)37-11-38-24(34)21-26(3,4)40(35,36)14-10-13(30)29(14)21/h12,14-18,20-21H,5-11,27H2,1-4H3,(H,28,32)/t14-,15?,16-,17-,18+,20-,21-/m0/s1. The summed E-state index contributed by atoms with van der Waals surface area (Å²) >= 11 is 1.43. The van der Waals surface area contributed by atoms with Crippen molar-refractivity contribution >= 4 is 51.1 Å². The average Bonchev–Trinajstić information content (AvgIpc) is 3.22. The van der Waals surface area contributed by atoms with E-state index >= 15 is 0 Å². The maximum Gasteiger partial charge on any atom is 0.333 e. The topological polar surface area (TPSA) is 179 Å². The van der Waals surface area contributed by atoms with E-state index in [1.165, 1.54) is 25.6 Å². The number of rotatable bonds is 7. The molecule has 1 unspecified atom stereocenters. The predicted octanol–water partition coefficient (Wildman–Crippen LogP) is 0.266. The van der Waals surface area contributed by atoms with Crippen LogP contribution < -0.4 is 11.1 Å². The summed E-state index contributed by atoms with van der Waals surface area (Å²) in [5, 5.41) is 1.44. The number of esters is 2. The lowest BCUT2D eigenvalue weighted by atomic mass is 9.67. The SMILES string of the molecule is CC1(C)S[C@H]2C(C(=O)[C@H]2NC(=O)[C@@H](N)C2CCCCC2)[C@H]1C(=O)OCOC(=O)[C@@H]1N2C(=O)C[C@@H]2S(=O)(=O)C1(C)C. The lowest BCUT2D eigenvalue weighted by Crippen LogP contribution is -2.65. The van der Waals surface area contributed by atoms with Crippen molar-refractivity contribution in [2.24, 2.45) is 23.5 Å². The maximum absolute atomic E-state index is 13.1. The van der Waals surface area contributed by atoms with Crippen molar-refractivity contribution < 1.29 is 41.9 Å². The second-order valence-electron chi connectivity index (χ2n) is 12.6. The lowest BCUT2D eigenvalue weighted by molar-refractivity contribution is -0.179. The van der Waals surface area contributed by atoms with Crippen LogP contribution in [0.25, 0.3) is 0 Å². The van der Waals surface area contributed by atoms with Crippen LogP contribution in [0.1, 0.15) is 66.2 Å². The van der Waals surface area contributed by atoms with Crippen molar-refractivity contribution in [3.8, 4) is 0 Å². The molecule has 12 nitrogen and oxygen atoms in total. The fourth-order valence-corrected chi connectivity index (χ4v) is 11.0. The first kappa shape index (κ1) is 29.3. The second-order valence-corrected chi connectivity index (χ2v) is 17.1. The molecule has 0 radical (unpaired) electrons. The summed E-state index contributed by atoms with van der Waals surface area (Å²) in [4.78, 5) is 64.9. The van der Waals surface area contributed by atoms with Crippen molar-refractivity contribution in [1.82, 2.24) is 10.2 Å². The third kappa shape index (κ3) is 4.36. The summed E-state index contributed by atoms with van der Waals surface area (Å²) in [7, 11) is -3.78. The highest BCUT2D eigenvalue weighted by atomic mass is 32.2. The third-order valence-electron chi connectivity index (χ3n) is 9.48. The molecule has 2 aliphatic carbocycles. The Morgan fingerprint density at radius 3 is 2.33 bits per heavy atom. The number of Topliss-reactive ketones (excluding diaryl/α,β-unsaturated/α-hetero) is 1. The molecule has 40 heavy (non-hydrogen) atoms. The molecule has 14 heteroatoms. The Hall–Kier alpha value is -2.19. The van der Waals surface area contributed by atoms with Gasteiger partial charge in [-0.25, -0.2) is 13.2 Å². The average molecular weight is 600 g/mol. The molecular formula is C26H37N3O9S2. The van der Waals surface area contributed by atoms with Gasteiger partial charge in [0, 0.05) is 15.9 Å². The van der Waals surface area contributed by atoms with Gasteiger partial charge in [0.1, 0.15) is 17.5 Å². The van der Waals surface area contributed by atoms with Gasteiger partial charge in [0.2, 0.25) is 18.6 Å². The molecule has 0 aromatic heterocycles. The van der Waals surface area contributed by atoms with Gasteiger partial charge in [-0.2, -0.15) is 0 Å². The van der Waals surface area contributed by atoms with E-state index < -0.39 is 79.3 Å². The number of ketones is 1. The molecule has 3 saturated heterocycles. The van der Waals surface area contributed by atoms with Gasteiger partial charge in [0.15, 0.2) is 15.6 Å². The monoisotopic (exact) mass is 599 g/mol. The molecule has 0 aromatic carbocycles. The molecule has 2 saturated carbocycles. The number of carbonyl (C=O) groups excluding carboxylic acids is 5. The van der Waals surface area contributed by atoms with Gasteiger partial charge in [0.05, 0.1) is 23.1 Å². The summed E-state index contributed by atoms with van der Waals surface area (Å²) in [5.41, 5.74) is 6.21. The fraction of sp³-hybridized carbons (Fsp3) is 0.808. The molecule has 5 aliphatic rings. The van der Waals surface area contributed by atoms with Crippen molar-refractivity contribution in [2.45, 2.75) is 104 Å². The maximum atomic E-state index is 13.1. The number of nitrogens with zero attached hydrogens (tertiary/aromatic N) is 1. The molecule has 2 amide bonds. The highest BCUT2D eigenvalue weighted by Crippen LogP contribution is 2.58. The van der Waals surface area contributed by atoms with Crippen LogP contribution in [0.5, 0.6) is 0 Å². The summed E-state index contributed by atoms with van der Waals surface area (Å²) in [6.07, 6.45) is 4.82. The summed E-state index contributed by atoms with van der Waals surface area (Å²) in [5.74, 6) is -4.18. The number of ether oxygens (including phenoxy) is 2. The van der Waals surface area contributed by atoms with E-state index in [4.69, 9.17) is 15.2 Å². The van der Waals surface area contributed by atoms with E-state index in [0.29, 0.717) is 0 Å². The van der Waals surface area contributed by atoms with Crippen molar-refractivity contribution in [3.05, 3.63) is 0 Å². The van der Waals surface area contributed by atoms with Gasteiger partial charge in [0.25, 0.3) is 0 Å². The van der Waals surface area contributed by atoms with Crippen LogP contribution in [-0.4, -0.2) is 87.9 Å². The van der Waals surface area contributed by atoms with Gasteiger partial charge in [-0.1, -0.05) is 19.3 Å². The smallest absolute Gasteiger partial charge is 0.333 e. The minimum Gasteiger partial charge on any atom is -0.428 e. The van der Waals surface area contributed by atoms with Gasteiger partial charge >= 0.3 is 11.9 Å². The Labute approximate surface area is 237 Å². The highest BCUT2D eigenvalue weighted by Gasteiger charge is 2.69. The van der Waals surface area contributed by atoms with E-state index in [9.17, 15) is 32.4 Å². The third-order valence-corrected chi connectivity index (χ3v) is 14.0. The first-order chi connectivity index (χ1) is 18.6. The fourth-order valence-electron chi connectivity index (χ4n) is 7.04. The van der Waals surface area contributed by atoms with Crippen LogP contribution in [0, 0.1) is 17.8 Å². The van der Waals surface area contributed by atoms with Crippen LogP contribution in [-0.2, 0) is 43.3 Å². The van der Waals surface area contributed by atoms with E-state index in [-0.39, 0.29) is 29.3 Å². The number of nitrogens with two attached hydrogens (primary N) is 1. The Bertz CT molecular complexity index is 1240. The largest absolute Gasteiger partial charge is 0.428 e. The van der Waals surface area contributed by atoms with Crippen LogP contribution in [0.2, 0.25) is 0 Å². The quantitative estimate of drug-likeness (QED) is 0.233. The van der Waals surface area contributed by atoms with Gasteiger partial charge in [-0.15, -0.1) is 11.8 Å². The highest BCUT2D eigenvalue weighted by molar-refractivity contribution is 8.01.